The number of nitrogens with one attached hydrogen (secondary N) is 1. The lowest BCUT2D eigenvalue weighted by Gasteiger charge is -2.08. The van der Waals surface area contributed by atoms with Crippen molar-refractivity contribution in [3.63, 3.8) is 0 Å². The predicted octanol–water partition coefficient (Wildman–Crippen LogP) is 2.59. The first kappa shape index (κ1) is 17.7. The predicted molar refractivity (Wildman–Crippen MR) is 102 cm³/mol. The van der Waals surface area contributed by atoms with Gasteiger partial charge in [0.1, 0.15) is 5.75 Å². The Labute approximate surface area is 161 Å². The van der Waals surface area contributed by atoms with Gasteiger partial charge in [0.15, 0.2) is 10.8 Å². The van der Waals surface area contributed by atoms with E-state index >= 15 is 0 Å². The minimum absolute atomic E-state index is 0.0478. The summed E-state index contributed by atoms with van der Waals surface area (Å²) in [7, 11) is -2.04. The van der Waals surface area contributed by atoms with E-state index in [9.17, 15) is 8.42 Å². The minimum Gasteiger partial charge on any atom is -0.438 e. The van der Waals surface area contributed by atoms with Crippen LogP contribution in [-0.4, -0.2) is 32.7 Å². The van der Waals surface area contributed by atoms with E-state index in [0.717, 1.165) is 0 Å². The Morgan fingerprint density at radius 3 is 2.36 bits per heavy atom. The number of nitrogens with zero attached hydrogens (tertiary/aromatic N) is 5. The second-order valence-electron chi connectivity index (χ2n) is 5.93. The Morgan fingerprint density at radius 1 is 1.00 bits per heavy atom. The molecular formula is C18H16N6O3S. The minimum atomic E-state index is -3.74. The SMILES string of the molecule is Cn1cnc(S(=O)(=O)Nc2ccc(Oc3ccc(-n4cccc4)nn3)cc2)c1. The van der Waals surface area contributed by atoms with Crippen LogP contribution in [0.2, 0.25) is 0 Å². The third kappa shape index (κ3) is 3.86. The second-order valence-corrected chi connectivity index (χ2v) is 7.56. The van der Waals surface area contributed by atoms with E-state index in [1.807, 2.05) is 29.1 Å². The summed E-state index contributed by atoms with van der Waals surface area (Å²) < 4.78 is 36.1. The molecule has 3 heterocycles. The van der Waals surface area contributed by atoms with E-state index in [0.29, 0.717) is 23.1 Å². The van der Waals surface area contributed by atoms with Crippen molar-refractivity contribution in [3.05, 3.63) is 73.4 Å². The van der Waals surface area contributed by atoms with Crippen molar-refractivity contribution in [3.8, 4) is 17.4 Å². The van der Waals surface area contributed by atoms with Gasteiger partial charge in [-0.1, -0.05) is 0 Å². The fourth-order valence-electron chi connectivity index (χ4n) is 2.44. The lowest BCUT2D eigenvalue weighted by Crippen LogP contribution is -2.13. The highest BCUT2D eigenvalue weighted by Gasteiger charge is 2.17. The van der Waals surface area contributed by atoms with Gasteiger partial charge in [-0.25, -0.2) is 4.98 Å². The molecule has 0 aliphatic carbocycles. The normalized spacial score (nSPS) is 11.3. The lowest BCUT2D eigenvalue weighted by molar-refractivity contribution is 0.454. The van der Waals surface area contributed by atoms with Gasteiger partial charge in [0, 0.05) is 37.4 Å². The standard InChI is InChI=1S/C18H16N6O3S/c1-23-12-18(19-13-23)28(25,26)22-14-4-6-15(7-5-14)27-17-9-8-16(20-21-17)24-10-2-3-11-24/h2-13,22H,1H3. The van der Waals surface area contributed by atoms with Crippen LogP contribution in [0, 0.1) is 0 Å². The summed E-state index contributed by atoms with van der Waals surface area (Å²) in [4.78, 5) is 3.85. The van der Waals surface area contributed by atoms with Gasteiger partial charge < -0.3 is 13.9 Å². The molecule has 4 aromatic rings. The summed E-state index contributed by atoms with van der Waals surface area (Å²) in [5, 5.41) is 8.10. The smallest absolute Gasteiger partial charge is 0.280 e. The molecule has 0 unspecified atom stereocenters. The Balaban J connectivity index is 1.43. The van der Waals surface area contributed by atoms with Crippen molar-refractivity contribution in [2.45, 2.75) is 5.03 Å². The Kier molecular flexibility index (Phi) is 4.53. The van der Waals surface area contributed by atoms with Gasteiger partial charge in [-0.2, -0.15) is 8.42 Å². The van der Waals surface area contributed by atoms with E-state index in [1.54, 1.807) is 48.0 Å². The summed E-state index contributed by atoms with van der Waals surface area (Å²) in [6.07, 6.45) is 6.59. The maximum Gasteiger partial charge on any atom is 0.280 e. The highest BCUT2D eigenvalue weighted by Crippen LogP contribution is 2.23. The van der Waals surface area contributed by atoms with Crippen LogP contribution in [0.5, 0.6) is 11.6 Å². The topological polar surface area (TPSA) is 104 Å². The highest BCUT2D eigenvalue weighted by molar-refractivity contribution is 7.92. The number of rotatable bonds is 6. The molecule has 0 bridgehead atoms. The molecule has 0 spiro atoms. The van der Waals surface area contributed by atoms with Crippen LogP contribution in [0.3, 0.4) is 0 Å². The molecule has 0 saturated carbocycles. The third-order valence-electron chi connectivity index (χ3n) is 3.78. The number of hydrogen-bond acceptors (Lipinski definition) is 6. The van der Waals surface area contributed by atoms with Crippen LogP contribution in [-0.2, 0) is 17.1 Å². The van der Waals surface area contributed by atoms with Crippen LogP contribution >= 0.6 is 0 Å². The molecule has 0 atom stereocenters. The van der Waals surface area contributed by atoms with Gasteiger partial charge in [-0.15, -0.1) is 10.2 Å². The van der Waals surface area contributed by atoms with Crippen LogP contribution in [0.4, 0.5) is 5.69 Å². The highest BCUT2D eigenvalue weighted by atomic mass is 32.2. The van der Waals surface area contributed by atoms with Crippen LogP contribution < -0.4 is 9.46 Å². The molecule has 0 fully saturated rings. The molecule has 0 aliphatic rings. The zero-order valence-corrected chi connectivity index (χ0v) is 15.6. The maximum absolute atomic E-state index is 12.3. The summed E-state index contributed by atoms with van der Waals surface area (Å²) in [5.74, 6) is 1.51. The number of hydrogen-bond donors (Lipinski definition) is 1. The average Bonchev–Trinajstić information content (AvgIpc) is 3.36. The van der Waals surface area contributed by atoms with E-state index < -0.39 is 10.0 Å². The molecule has 10 heteroatoms. The van der Waals surface area contributed by atoms with E-state index in [4.69, 9.17) is 4.74 Å². The van der Waals surface area contributed by atoms with Crippen molar-refractivity contribution < 1.29 is 13.2 Å². The number of anilines is 1. The monoisotopic (exact) mass is 396 g/mol. The van der Waals surface area contributed by atoms with Crippen molar-refractivity contribution in [2.75, 3.05) is 4.72 Å². The summed E-state index contributed by atoms with van der Waals surface area (Å²) in [5.41, 5.74) is 0.395. The number of imidazole rings is 1. The van der Waals surface area contributed by atoms with Crippen molar-refractivity contribution in [1.82, 2.24) is 24.3 Å². The molecule has 142 valence electrons. The second kappa shape index (κ2) is 7.16. The van der Waals surface area contributed by atoms with Gasteiger partial charge in [0.25, 0.3) is 10.0 Å². The van der Waals surface area contributed by atoms with Crippen molar-refractivity contribution >= 4 is 15.7 Å². The fourth-order valence-corrected chi connectivity index (χ4v) is 3.48. The van der Waals surface area contributed by atoms with Gasteiger partial charge in [-0.05, 0) is 42.5 Å². The number of sulfonamides is 1. The first-order chi connectivity index (χ1) is 13.5. The van der Waals surface area contributed by atoms with Gasteiger partial charge >= 0.3 is 0 Å². The molecule has 3 aromatic heterocycles. The summed E-state index contributed by atoms with van der Waals surface area (Å²) in [6, 6.07) is 13.8. The molecule has 4 rings (SSSR count). The molecule has 0 aliphatic heterocycles. The molecule has 9 nitrogen and oxygen atoms in total. The number of benzene rings is 1. The first-order valence-corrected chi connectivity index (χ1v) is 9.74. The summed E-state index contributed by atoms with van der Waals surface area (Å²) >= 11 is 0. The number of aromatic nitrogens is 5. The molecular weight excluding hydrogens is 380 g/mol. The van der Waals surface area contributed by atoms with Crippen molar-refractivity contribution in [1.29, 1.82) is 0 Å². The Morgan fingerprint density at radius 2 is 1.75 bits per heavy atom. The molecule has 0 amide bonds. The largest absolute Gasteiger partial charge is 0.438 e. The zero-order chi connectivity index (χ0) is 19.6. The lowest BCUT2D eigenvalue weighted by atomic mass is 10.3. The number of ether oxygens (including phenoxy) is 1. The third-order valence-corrected chi connectivity index (χ3v) is 5.05. The summed E-state index contributed by atoms with van der Waals surface area (Å²) in [6.45, 7) is 0. The van der Waals surface area contributed by atoms with Gasteiger partial charge in [0.05, 0.1) is 6.33 Å². The maximum atomic E-state index is 12.3. The van der Waals surface area contributed by atoms with E-state index in [-0.39, 0.29) is 5.03 Å². The molecule has 0 radical (unpaired) electrons. The Hall–Kier alpha value is -3.66. The van der Waals surface area contributed by atoms with Crippen molar-refractivity contribution in [2.24, 2.45) is 7.05 Å². The fraction of sp³-hybridized carbons (Fsp3) is 0.0556. The molecule has 0 saturated heterocycles. The van der Waals surface area contributed by atoms with Gasteiger partial charge in [0.2, 0.25) is 5.88 Å². The van der Waals surface area contributed by atoms with Crippen LogP contribution in [0.25, 0.3) is 5.82 Å². The quantitative estimate of drug-likeness (QED) is 0.537. The Bertz CT molecular complexity index is 1170. The van der Waals surface area contributed by atoms with Crippen LogP contribution in [0.1, 0.15) is 0 Å². The molecule has 1 aromatic carbocycles. The average molecular weight is 396 g/mol. The molecule has 28 heavy (non-hydrogen) atoms. The number of aryl methyl sites for hydroxylation is 1. The first-order valence-electron chi connectivity index (χ1n) is 8.25. The van der Waals surface area contributed by atoms with Gasteiger partial charge in [-0.3, -0.25) is 4.72 Å². The van der Waals surface area contributed by atoms with E-state index in [1.165, 1.54) is 12.5 Å². The van der Waals surface area contributed by atoms with Crippen LogP contribution in [0.15, 0.2) is 78.5 Å². The molecule has 1 N–H and O–H groups in total. The van der Waals surface area contributed by atoms with E-state index in [2.05, 4.69) is 19.9 Å². The zero-order valence-electron chi connectivity index (χ0n) is 14.8.